The number of hydrogen-bond donors (Lipinski definition) is 0. The number of benzene rings is 1. The minimum atomic E-state index is -3.04. The third kappa shape index (κ3) is 5.07. The van der Waals surface area contributed by atoms with Crippen LogP contribution in [-0.4, -0.2) is 52.8 Å². The van der Waals surface area contributed by atoms with Crippen molar-refractivity contribution < 1.29 is 17.9 Å². The maximum absolute atomic E-state index is 13.2. The Labute approximate surface area is 201 Å². The lowest BCUT2D eigenvalue weighted by Gasteiger charge is -2.13. The normalized spacial score (nSPS) is 11.6. The van der Waals surface area contributed by atoms with Gasteiger partial charge in [-0.3, -0.25) is 14.3 Å². The Hall–Kier alpha value is -3.37. The van der Waals surface area contributed by atoms with Crippen molar-refractivity contribution >= 4 is 27.0 Å². The standard InChI is InChI=1S/C23H23ClN4O5S/c1-3-34(30,31)10-4-9-33-21-8-6-18(12-22(21)32-2)27-15-26-28-14-16(11-20(28)23(27)29)19-7-5-17(24)13-25-19/h5-8,11-15H,3-4,9-10H2,1-2H3. The van der Waals surface area contributed by atoms with Gasteiger partial charge < -0.3 is 9.47 Å². The predicted molar refractivity (Wildman–Crippen MR) is 130 cm³/mol. The van der Waals surface area contributed by atoms with Gasteiger partial charge in [0.05, 0.1) is 35.9 Å². The van der Waals surface area contributed by atoms with Crippen LogP contribution >= 0.6 is 11.6 Å². The molecule has 3 heterocycles. The van der Waals surface area contributed by atoms with Gasteiger partial charge in [0.15, 0.2) is 11.5 Å². The van der Waals surface area contributed by atoms with Gasteiger partial charge in [0.2, 0.25) is 0 Å². The van der Waals surface area contributed by atoms with E-state index < -0.39 is 9.84 Å². The molecule has 0 spiro atoms. The molecular formula is C23H23ClN4O5S. The van der Waals surface area contributed by atoms with E-state index in [-0.39, 0.29) is 23.7 Å². The second-order valence-electron chi connectivity index (χ2n) is 7.50. The van der Waals surface area contributed by atoms with Gasteiger partial charge >= 0.3 is 0 Å². The Morgan fingerprint density at radius 1 is 1.12 bits per heavy atom. The monoisotopic (exact) mass is 502 g/mol. The third-order valence-electron chi connectivity index (χ3n) is 5.28. The molecule has 0 saturated carbocycles. The SMILES string of the molecule is CCS(=O)(=O)CCCOc1ccc(-n2cnn3cc(-c4ccc(Cl)cn4)cc3c2=O)cc1OC. The zero-order valence-electron chi connectivity index (χ0n) is 18.6. The minimum Gasteiger partial charge on any atom is -0.493 e. The summed E-state index contributed by atoms with van der Waals surface area (Å²) in [6.07, 6.45) is 5.08. The van der Waals surface area contributed by atoms with Crippen LogP contribution in [0.25, 0.3) is 22.5 Å². The Morgan fingerprint density at radius 3 is 2.65 bits per heavy atom. The van der Waals surface area contributed by atoms with Crippen LogP contribution in [-0.2, 0) is 9.84 Å². The van der Waals surface area contributed by atoms with Gasteiger partial charge in [-0.25, -0.2) is 12.9 Å². The van der Waals surface area contributed by atoms with E-state index in [0.29, 0.717) is 39.8 Å². The number of methoxy groups -OCH3 is 1. The average Bonchev–Trinajstić information content (AvgIpc) is 3.28. The van der Waals surface area contributed by atoms with Crippen molar-refractivity contribution in [2.24, 2.45) is 0 Å². The molecule has 0 N–H and O–H groups in total. The molecule has 0 aliphatic rings. The Bertz CT molecular complexity index is 1480. The molecule has 0 amide bonds. The van der Waals surface area contributed by atoms with E-state index in [1.54, 1.807) is 55.7 Å². The van der Waals surface area contributed by atoms with Crippen LogP contribution in [0.2, 0.25) is 5.02 Å². The Balaban J connectivity index is 1.59. The van der Waals surface area contributed by atoms with Gasteiger partial charge in [0, 0.05) is 29.8 Å². The average molecular weight is 503 g/mol. The van der Waals surface area contributed by atoms with Gasteiger partial charge in [-0.15, -0.1) is 0 Å². The molecule has 0 fully saturated rings. The van der Waals surface area contributed by atoms with E-state index in [1.807, 2.05) is 0 Å². The number of nitrogens with zero attached hydrogens (tertiary/aromatic N) is 4. The number of pyridine rings is 1. The molecule has 0 aliphatic heterocycles. The smallest absolute Gasteiger partial charge is 0.282 e. The lowest BCUT2D eigenvalue weighted by molar-refractivity contribution is 0.294. The number of aromatic nitrogens is 4. The molecule has 34 heavy (non-hydrogen) atoms. The molecule has 178 valence electrons. The summed E-state index contributed by atoms with van der Waals surface area (Å²) in [4.78, 5) is 17.5. The van der Waals surface area contributed by atoms with Gasteiger partial charge in [0.25, 0.3) is 5.56 Å². The molecule has 0 bridgehead atoms. The van der Waals surface area contributed by atoms with E-state index in [1.165, 1.54) is 22.5 Å². The van der Waals surface area contributed by atoms with Crippen LogP contribution in [0.5, 0.6) is 11.5 Å². The molecule has 3 aromatic heterocycles. The van der Waals surface area contributed by atoms with E-state index in [2.05, 4.69) is 10.1 Å². The highest BCUT2D eigenvalue weighted by Crippen LogP contribution is 2.29. The topological polar surface area (TPSA) is 105 Å². The highest BCUT2D eigenvalue weighted by Gasteiger charge is 2.13. The van der Waals surface area contributed by atoms with Crippen molar-refractivity contribution in [2.45, 2.75) is 13.3 Å². The molecule has 0 radical (unpaired) electrons. The maximum Gasteiger partial charge on any atom is 0.282 e. The molecule has 9 nitrogen and oxygen atoms in total. The fraction of sp³-hybridized carbons (Fsp3) is 0.261. The fourth-order valence-electron chi connectivity index (χ4n) is 3.39. The molecule has 0 unspecified atom stereocenters. The lowest BCUT2D eigenvalue weighted by Crippen LogP contribution is -2.21. The molecule has 1 aromatic carbocycles. The summed E-state index contributed by atoms with van der Waals surface area (Å²) in [5, 5.41) is 4.88. The Kier molecular flexibility index (Phi) is 6.90. The second-order valence-corrected chi connectivity index (χ2v) is 10.4. The van der Waals surface area contributed by atoms with Crippen LogP contribution in [0.15, 0.2) is 59.9 Å². The minimum absolute atomic E-state index is 0.0653. The number of ether oxygens (including phenoxy) is 2. The number of rotatable bonds is 9. The summed E-state index contributed by atoms with van der Waals surface area (Å²) in [7, 11) is -1.54. The van der Waals surface area contributed by atoms with Crippen LogP contribution in [0.1, 0.15) is 13.3 Å². The van der Waals surface area contributed by atoms with Crippen molar-refractivity contribution in [3.8, 4) is 28.4 Å². The first-order valence-corrected chi connectivity index (χ1v) is 12.7. The van der Waals surface area contributed by atoms with Crippen LogP contribution in [0.3, 0.4) is 0 Å². The van der Waals surface area contributed by atoms with E-state index in [0.717, 1.165) is 5.56 Å². The first-order valence-electron chi connectivity index (χ1n) is 10.5. The predicted octanol–water partition coefficient (Wildman–Crippen LogP) is 3.41. The number of halogens is 1. The van der Waals surface area contributed by atoms with Crippen molar-refractivity contribution in [2.75, 3.05) is 25.2 Å². The maximum atomic E-state index is 13.2. The van der Waals surface area contributed by atoms with Gasteiger partial charge in [-0.2, -0.15) is 5.10 Å². The van der Waals surface area contributed by atoms with Crippen molar-refractivity contribution in [1.82, 2.24) is 19.2 Å². The summed E-state index contributed by atoms with van der Waals surface area (Å²) in [5.74, 6) is 1.05. The summed E-state index contributed by atoms with van der Waals surface area (Å²) in [5.41, 5.74) is 2.08. The lowest BCUT2D eigenvalue weighted by atomic mass is 10.2. The van der Waals surface area contributed by atoms with Crippen LogP contribution in [0, 0.1) is 0 Å². The zero-order chi connectivity index (χ0) is 24.3. The number of hydrogen-bond acceptors (Lipinski definition) is 7. The molecule has 0 aliphatic carbocycles. The second kappa shape index (κ2) is 9.86. The first kappa shape index (κ1) is 23.8. The Morgan fingerprint density at radius 2 is 1.94 bits per heavy atom. The summed E-state index contributed by atoms with van der Waals surface area (Å²) in [6, 6.07) is 10.3. The molecular weight excluding hydrogens is 480 g/mol. The summed E-state index contributed by atoms with van der Waals surface area (Å²) < 4.78 is 37.3. The van der Waals surface area contributed by atoms with Crippen LogP contribution in [0.4, 0.5) is 0 Å². The molecule has 11 heteroatoms. The zero-order valence-corrected chi connectivity index (χ0v) is 20.2. The number of sulfone groups is 1. The van der Waals surface area contributed by atoms with Gasteiger partial charge in [-0.1, -0.05) is 18.5 Å². The summed E-state index contributed by atoms with van der Waals surface area (Å²) in [6.45, 7) is 1.85. The quantitative estimate of drug-likeness (QED) is 0.323. The van der Waals surface area contributed by atoms with Crippen molar-refractivity contribution in [3.05, 3.63) is 70.5 Å². The summed E-state index contributed by atoms with van der Waals surface area (Å²) >= 11 is 5.91. The molecule has 4 aromatic rings. The largest absolute Gasteiger partial charge is 0.493 e. The fourth-order valence-corrected chi connectivity index (χ4v) is 4.35. The number of fused-ring (bicyclic) bond motifs is 1. The van der Waals surface area contributed by atoms with E-state index in [9.17, 15) is 13.2 Å². The molecule has 0 saturated heterocycles. The van der Waals surface area contributed by atoms with Gasteiger partial charge in [0.1, 0.15) is 21.7 Å². The van der Waals surface area contributed by atoms with E-state index >= 15 is 0 Å². The highest BCUT2D eigenvalue weighted by molar-refractivity contribution is 7.91. The molecule has 0 atom stereocenters. The molecule has 4 rings (SSSR count). The van der Waals surface area contributed by atoms with Gasteiger partial charge in [-0.05, 0) is 36.8 Å². The van der Waals surface area contributed by atoms with Crippen molar-refractivity contribution in [3.63, 3.8) is 0 Å². The third-order valence-corrected chi connectivity index (χ3v) is 7.29. The van der Waals surface area contributed by atoms with Crippen LogP contribution < -0.4 is 15.0 Å². The first-order chi connectivity index (χ1) is 16.3. The van der Waals surface area contributed by atoms with E-state index in [4.69, 9.17) is 21.1 Å². The van der Waals surface area contributed by atoms with Crippen molar-refractivity contribution in [1.29, 1.82) is 0 Å². The highest BCUT2D eigenvalue weighted by atomic mass is 35.5.